The fourth-order valence-electron chi connectivity index (χ4n) is 6.24. The van der Waals surface area contributed by atoms with Crippen molar-refractivity contribution < 1.29 is 88.1 Å². The average molecular weight is 661 g/mol. The standard InChI is InChI=1S/2C13H17.2C3H6O2.2ClH.2Ti/c2*1-3-7-12-10(5-1)9-11-6-2-4-8-13(11)12;2*1-2-3(4)5;;;;/h2*5H,1-4,6-9H2;2*2H2,1H3,(H,4,5);2*1H;;/q2*-1;;;;;;/p-2. The Bertz CT molecular complexity index is 815. The van der Waals surface area contributed by atoms with Gasteiger partial charge in [0, 0.05) is 56.3 Å². The van der Waals surface area contributed by atoms with Crippen molar-refractivity contribution >= 4 is 11.9 Å². The van der Waals surface area contributed by atoms with Crippen LogP contribution in [-0.4, -0.2) is 22.2 Å². The van der Waals surface area contributed by atoms with Crippen molar-refractivity contribution in [2.24, 2.45) is 0 Å². The molecule has 0 amide bonds. The zero-order valence-electron chi connectivity index (χ0n) is 24.3. The van der Waals surface area contributed by atoms with Gasteiger partial charge in [-0.05, 0) is 51.4 Å². The Morgan fingerprint density at radius 3 is 1.20 bits per heavy atom. The predicted octanol–water partition coefficient (Wildman–Crippen LogP) is 2.86. The first-order chi connectivity index (χ1) is 17.4. The summed E-state index contributed by atoms with van der Waals surface area (Å²) in [4.78, 5) is 18.7. The van der Waals surface area contributed by atoms with Crippen LogP contribution in [0.25, 0.3) is 0 Å². The molecule has 0 heterocycles. The second kappa shape index (κ2) is 22.2. The van der Waals surface area contributed by atoms with E-state index < -0.39 is 11.9 Å². The molecule has 6 rings (SSSR count). The van der Waals surface area contributed by atoms with Crippen LogP contribution < -0.4 is 24.8 Å². The normalized spacial score (nSPS) is 19.4. The molecule has 0 radical (unpaired) electrons. The molecule has 0 aromatic carbocycles. The maximum absolute atomic E-state index is 9.37. The maximum Gasteiger partial charge on any atom is 0.303 e. The molecule has 6 aliphatic carbocycles. The minimum absolute atomic E-state index is 0. The molecule has 0 atom stereocenters. The Balaban J connectivity index is 0. The number of carbonyl (C=O) groups is 2. The summed E-state index contributed by atoms with van der Waals surface area (Å²) in [6, 6.07) is 0. The molecule has 0 bridgehead atoms. The van der Waals surface area contributed by atoms with Gasteiger partial charge in [0.15, 0.2) is 0 Å². The molecular formula is C32H46Cl2O4Ti2-4. The topological polar surface area (TPSA) is 74.6 Å². The van der Waals surface area contributed by atoms with Gasteiger partial charge < -0.3 is 35.0 Å². The zero-order valence-corrected chi connectivity index (χ0v) is 29.0. The minimum atomic E-state index is -0.745. The molecule has 40 heavy (non-hydrogen) atoms. The third-order valence-corrected chi connectivity index (χ3v) is 8.12. The smallest absolute Gasteiger partial charge is 0.303 e. The van der Waals surface area contributed by atoms with Crippen molar-refractivity contribution in [3.63, 3.8) is 0 Å². The summed E-state index contributed by atoms with van der Waals surface area (Å²) in [7, 11) is 0. The van der Waals surface area contributed by atoms with Crippen LogP contribution in [0, 0.1) is 12.8 Å². The minimum Gasteiger partial charge on any atom is -1.00 e. The molecule has 8 heteroatoms. The average Bonchev–Trinajstić information content (AvgIpc) is 3.48. The summed E-state index contributed by atoms with van der Waals surface area (Å²) in [6.45, 7) is 3.20. The van der Waals surface area contributed by atoms with E-state index in [9.17, 15) is 9.59 Å². The van der Waals surface area contributed by atoms with Crippen LogP contribution in [0.3, 0.4) is 0 Å². The Morgan fingerprint density at radius 2 is 0.875 bits per heavy atom. The van der Waals surface area contributed by atoms with Gasteiger partial charge in [0.25, 0.3) is 0 Å². The molecule has 0 aliphatic heterocycles. The molecule has 0 unspecified atom stereocenters. The fourth-order valence-corrected chi connectivity index (χ4v) is 6.24. The number of rotatable bonds is 2. The first-order valence-electron chi connectivity index (χ1n) is 14.4. The molecule has 0 aromatic heterocycles. The Labute approximate surface area is 285 Å². The first-order valence-corrected chi connectivity index (χ1v) is 14.4. The third kappa shape index (κ3) is 12.5. The molecule has 0 saturated carbocycles. The number of hydrogen-bond acceptors (Lipinski definition) is 2. The van der Waals surface area contributed by atoms with Gasteiger partial charge in [-0.25, -0.2) is 24.0 Å². The third-order valence-electron chi connectivity index (χ3n) is 8.12. The second-order valence-corrected chi connectivity index (χ2v) is 10.6. The van der Waals surface area contributed by atoms with E-state index in [1.165, 1.54) is 103 Å². The number of halogens is 2. The van der Waals surface area contributed by atoms with E-state index in [4.69, 9.17) is 10.2 Å². The molecule has 224 valence electrons. The predicted molar refractivity (Wildman–Crippen MR) is 146 cm³/mol. The maximum atomic E-state index is 9.37. The van der Waals surface area contributed by atoms with Crippen molar-refractivity contribution in [2.45, 2.75) is 129 Å². The van der Waals surface area contributed by atoms with Crippen molar-refractivity contribution in [1.29, 1.82) is 0 Å². The van der Waals surface area contributed by atoms with Crippen LogP contribution in [0.1, 0.15) is 129 Å². The van der Waals surface area contributed by atoms with Gasteiger partial charge in [-0.2, -0.15) is 11.1 Å². The molecule has 0 fully saturated rings. The zero-order chi connectivity index (χ0) is 25.9. The number of fused-ring (bicyclic) bond motifs is 2. The van der Waals surface area contributed by atoms with E-state index in [1.807, 2.05) is 0 Å². The molecule has 6 aliphatic rings. The van der Waals surface area contributed by atoms with E-state index >= 15 is 0 Å². The summed E-state index contributed by atoms with van der Waals surface area (Å²) < 4.78 is 0. The number of carboxylic acids is 2. The van der Waals surface area contributed by atoms with Crippen molar-refractivity contribution in [2.75, 3.05) is 0 Å². The van der Waals surface area contributed by atoms with Crippen molar-refractivity contribution in [1.82, 2.24) is 0 Å². The van der Waals surface area contributed by atoms with E-state index in [2.05, 4.69) is 12.8 Å². The van der Waals surface area contributed by atoms with E-state index in [1.54, 1.807) is 58.4 Å². The molecular weight excluding hydrogens is 615 g/mol. The number of aliphatic carboxylic acids is 2. The summed E-state index contributed by atoms with van der Waals surface area (Å²) >= 11 is 0. The van der Waals surface area contributed by atoms with Crippen LogP contribution in [0.15, 0.2) is 44.6 Å². The molecule has 2 N–H and O–H groups in total. The van der Waals surface area contributed by atoms with Crippen LogP contribution in [-0.2, 0) is 53.0 Å². The second-order valence-electron chi connectivity index (χ2n) is 10.6. The first kappa shape index (κ1) is 41.8. The molecule has 4 nitrogen and oxygen atoms in total. The van der Waals surface area contributed by atoms with Crippen LogP contribution >= 0.6 is 0 Å². The van der Waals surface area contributed by atoms with Gasteiger partial charge in [-0.1, -0.05) is 63.5 Å². The van der Waals surface area contributed by atoms with E-state index in [0.29, 0.717) is 0 Å². The molecule has 0 spiro atoms. The van der Waals surface area contributed by atoms with Gasteiger partial charge in [0.05, 0.1) is 0 Å². The quantitative estimate of drug-likeness (QED) is 0.353. The Hall–Kier alpha value is -0.351. The molecule has 0 saturated heterocycles. The summed E-state index contributed by atoms with van der Waals surface area (Å²) in [5, 5.41) is 15.4. The fraction of sp³-hybridized carbons (Fsp3) is 0.625. The summed E-state index contributed by atoms with van der Waals surface area (Å²) in [5.41, 5.74) is 14.1. The van der Waals surface area contributed by atoms with Gasteiger partial charge in [0.2, 0.25) is 0 Å². The van der Waals surface area contributed by atoms with Crippen LogP contribution in [0.5, 0.6) is 0 Å². The van der Waals surface area contributed by atoms with Crippen molar-refractivity contribution in [3.05, 3.63) is 57.4 Å². The van der Waals surface area contributed by atoms with Gasteiger partial charge in [-0.15, -0.1) is 24.0 Å². The SMILES string of the molecule is CCC(=O)O.CCC(=O)O.[CH-]1CCCC2=C1CC1=C2CCCC1.[CH-]1CCCC2=C1CC1=C2CCCC1.[Cl-].[Cl-].[Ti].[Ti]. The number of allylic oxidation sites excluding steroid dienone is 8. The number of carboxylic acid groups (broad SMARTS) is 2. The van der Waals surface area contributed by atoms with Gasteiger partial charge in [-0.3, -0.25) is 9.59 Å². The van der Waals surface area contributed by atoms with E-state index in [-0.39, 0.29) is 81.1 Å². The monoisotopic (exact) mass is 660 g/mol. The molecule has 0 aromatic rings. The van der Waals surface area contributed by atoms with Crippen molar-refractivity contribution in [3.8, 4) is 0 Å². The summed E-state index contributed by atoms with van der Waals surface area (Å²) in [6.07, 6.45) is 27.7. The van der Waals surface area contributed by atoms with Crippen LogP contribution in [0.4, 0.5) is 0 Å². The Morgan fingerprint density at radius 1 is 0.575 bits per heavy atom. The number of hydrogen-bond donors (Lipinski definition) is 2. The van der Waals surface area contributed by atoms with Gasteiger partial charge >= 0.3 is 11.9 Å². The summed E-state index contributed by atoms with van der Waals surface area (Å²) in [5.74, 6) is -1.49. The van der Waals surface area contributed by atoms with Crippen LogP contribution in [0.2, 0.25) is 0 Å². The largest absolute Gasteiger partial charge is 1.00 e. The van der Waals surface area contributed by atoms with Gasteiger partial charge in [0.1, 0.15) is 0 Å². The van der Waals surface area contributed by atoms with E-state index in [0.717, 1.165) is 0 Å². The Kier molecular flexibility index (Phi) is 23.2.